The van der Waals surface area contributed by atoms with Crippen LogP contribution >= 0.6 is 15.9 Å². The van der Waals surface area contributed by atoms with E-state index in [0.717, 1.165) is 41.5 Å². The number of benzene rings is 1. The van der Waals surface area contributed by atoms with Gasteiger partial charge >= 0.3 is 0 Å². The quantitative estimate of drug-likeness (QED) is 0.891. The summed E-state index contributed by atoms with van der Waals surface area (Å²) < 4.78 is 14.4. The molecule has 21 heavy (non-hydrogen) atoms. The van der Waals surface area contributed by atoms with Crippen LogP contribution in [0.5, 0.6) is 0 Å². The highest BCUT2D eigenvalue weighted by atomic mass is 79.9. The number of hydrogen-bond acceptors (Lipinski definition) is 2. The lowest BCUT2D eigenvalue weighted by Gasteiger charge is -2.41. The van der Waals surface area contributed by atoms with Crippen molar-refractivity contribution >= 4 is 15.9 Å². The standard InChI is InChI=1S/C17H22BrFN2/c18-14-5-11(6-15(19)7-14)9-21-10-16(12-1-2-12)20-8-17(21)13-3-4-13/h5-7,12-13,16-17,20H,1-4,8-10H2. The number of piperazine rings is 1. The molecule has 1 aromatic rings. The smallest absolute Gasteiger partial charge is 0.124 e. The van der Waals surface area contributed by atoms with Gasteiger partial charge in [-0.15, -0.1) is 0 Å². The number of nitrogens with one attached hydrogen (secondary N) is 1. The highest BCUT2D eigenvalue weighted by Gasteiger charge is 2.42. The molecule has 0 radical (unpaired) electrons. The van der Waals surface area contributed by atoms with Crippen molar-refractivity contribution in [1.29, 1.82) is 0 Å². The van der Waals surface area contributed by atoms with Gasteiger partial charge in [-0.05, 0) is 61.3 Å². The minimum Gasteiger partial charge on any atom is -0.311 e. The molecule has 1 heterocycles. The molecule has 2 saturated carbocycles. The van der Waals surface area contributed by atoms with Crippen LogP contribution in [-0.2, 0) is 6.54 Å². The first-order valence-electron chi connectivity index (χ1n) is 8.11. The summed E-state index contributed by atoms with van der Waals surface area (Å²) in [6.07, 6.45) is 5.49. The average Bonchev–Trinajstić information content (AvgIpc) is 3.30. The third-order valence-corrected chi connectivity index (χ3v) is 5.61. The largest absolute Gasteiger partial charge is 0.311 e. The van der Waals surface area contributed by atoms with E-state index in [9.17, 15) is 4.39 Å². The van der Waals surface area contributed by atoms with Crippen molar-refractivity contribution in [2.24, 2.45) is 11.8 Å². The molecular weight excluding hydrogens is 331 g/mol. The van der Waals surface area contributed by atoms with Crippen molar-refractivity contribution in [1.82, 2.24) is 10.2 Å². The SMILES string of the molecule is Fc1cc(Br)cc(CN2CC(C3CC3)NCC2C2CC2)c1. The van der Waals surface area contributed by atoms with E-state index in [2.05, 4.69) is 32.2 Å². The van der Waals surface area contributed by atoms with Gasteiger partial charge in [0.2, 0.25) is 0 Å². The third-order valence-electron chi connectivity index (χ3n) is 5.15. The van der Waals surface area contributed by atoms with Crippen molar-refractivity contribution in [3.05, 3.63) is 34.1 Å². The second-order valence-electron chi connectivity index (χ2n) is 6.96. The minimum absolute atomic E-state index is 0.142. The molecule has 3 aliphatic rings. The molecular formula is C17H22BrFN2. The first kappa shape index (κ1) is 14.2. The molecule has 0 aromatic heterocycles. The first-order chi connectivity index (χ1) is 10.2. The lowest BCUT2D eigenvalue weighted by molar-refractivity contribution is 0.100. The Hall–Kier alpha value is -0.450. The molecule has 1 N–H and O–H groups in total. The van der Waals surface area contributed by atoms with Crippen LogP contribution in [0, 0.1) is 17.7 Å². The van der Waals surface area contributed by atoms with Gasteiger partial charge in [0.1, 0.15) is 5.82 Å². The summed E-state index contributed by atoms with van der Waals surface area (Å²) in [5, 5.41) is 3.77. The zero-order valence-corrected chi connectivity index (χ0v) is 13.8. The summed E-state index contributed by atoms with van der Waals surface area (Å²) in [6, 6.07) is 6.57. The minimum atomic E-state index is -0.142. The molecule has 2 nitrogen and oxygen atoms in total. The summed E-state index contributed by atoms with van der Waals surface area (Å²) in [6.45, 7) is 3.12. The van der Waals surface area contributed by atoms with Gasteiger partial charge in [-0.2, -0.15) is 0 Å². The Morgan fingerprint density at radius 1 is 1.14 bits per heavy atom. The van der Waals surface area contributed by atoms with Gasteiger partial charge in [0.15, 0.2) is 0 Å². The average molecular weight is 353 g/mol. The second kappa shape index (κ2) is 5.64. The highest BCUT2D eigenvalue weighted by molar-refractivity contribution is 9.10. The van der Waals surface area contributed by atoms with Crippen molar-refractivity contribution < 1.29 is 4.39 Å². The predicted octanol–water partition coefficient (Wildman–Crippen LogP) is 3.55. The number of nitrogens with zero attached hydrogens (tertiary/aromatic N) is 1. The molecule has 114 valence electrons. The molecule has 0 bridgehead atoms. The molecule has 2 aliphatic carbocycles. The molecule has 0 spiro atoms. The molecule has 0 amide bonds. The Morgan fingerprint density at radius 2 is 1.90 bits per heavy atom. The van der Waals surface area contributed by atoms with Gasteiger partial charge in [0.25, 0.3) is 0 Å². The molecule has 2 unspecified atom stereocenters. The predicted molar refractivity (Wildman–Crippen MR) is 85.5 cm³/mol. The third kappa shape index (κ3) is 3.33. The summed E-state index contributed by atoms with van der Waals surface area (Å²) in [4.78, 5) is 2.61. The Morgan fingerprint density at radius 3 is 2.57 bits per heavy atom. The molecule has 4 heteroatoms. The lowest BCUT2D eigenvalue weighted by atomic mass is 10.0. The number of rotatable bonds is 4. The van der Waals surface area contributed by atoms with Crippen LogP contribution in [0.3, 0.4) is 0 Å². The van der Waals surface area contributed by atoms with Crippen LogP contribution in [0.15, 0.2) is 22.7 Å². The molecule has 4 rings (SSSR count). The Bertz CT molecular complexity index is 507. The van der Waals surface area contributed by atoms with Crippen molar-refractivity contribution in [3.8, 4) is 0 Å². The summed E-state index contributed by atoms with van der Waals surface area (Å²) >= 11 is 3.41. The van der Waals surface area contributed by atoms with Crippen LogP contribution < -0.4 is 5.32 Å². The van der Waals surface area contributed by atoms with E-state index in [1.807, 2.05) is 0 Å². The van der Waals surface area contributed by atoms with Crippen LogP contribution in [-0.4, -0.2) is 30.1 Å². The van der Waals surface area contributed by atoms with Crippen LogP contribution in [0.25, 0.3) is 0 Å². The monoisotopic (exact) mass is 352 g/mol. The van der Waals surface area contributed by atoms with Crippen LogP contribution in [0.2, 0.25) is 0 Å². The zero-order chi connectivity index (χ0) is 14.4. The van der Waals surface area contributed by atoms with Gasteiger partial charge in [-0.25, -0.2) is 4.39 Å². The van der Waals surface area contributed by atoms with Crippen LogP contribution in [0.1, 0.15) is 31.2 Å². The maximum Gasteiger partial charge on any atom is 0.124 e. The summed E-state index contributed by atoms with van der Waals surface area (Å²) in [5.74, 6) is 1.60. The molecule has 1 aliphatic heterocycles. The molecule has 1 saturated heterocycles. The normalized spacial score (nSPS) is 30.6. The molecule has 3 fully saturated rings. The van der Waals surface area contributed by atoms with Crippen molar-refractivity contribution in [3.63, 3.8) is 0 Å². The maximum atomic E-state index is 13.6. The first-order valence-corrected chi connectivity index (χ1v) is 8.91. The lowest BCUT2D eigenvalue weighted by Crippen LogP contribution is -2.57. The Labute approximate surface area is 134 Å². The highest BCUT2D eigenvalue weighted by Crippen LogP contribution is 2.40. The van der Waals surface area contributed by atoms with Gasteiger partial charge in [-0.3, -0.25) is 4.90 Å². The van der Waals surface area contributed by atoms with Crippen LogP contribution in [0.4, 0.5) is 4.39 Å². The second-order valence-corrected chi connectivity index (χ2v) is 7.88. The Balaban J connectivity index is 1.50. The molecule has 2 atom stereocenters. The van der Waals surface area contributed by atoms with E-state index in [0.29, 0.717) is 12.1 Å². The van der Waals surface area contributed by atoms with Crippen molar-refractivity contribution in [2.45, 2.75) is 44.3 Å². The Kier molecular flexibility index (Phi) is 3.80. The van der Waals surface area contributed by atoms with E-state index in [-0.39, 0.29) is 5.82 Å². The summed E-state index contributed by atoms with van der Waals surface area (Å²) in [5.41, 5.74) is 1.09. The topological polar surface area (TPSA) is 15.3 Å². The summed E-state index contributed by atoms with van der Waals surface area (Å²) in [7, 11) is 0. The fourth-order valence-electron chi connectivity index (χ4n) is 3.73. The van der Waals surface area contributed by atoms with E-state index >= 15 is 0 Å². The van der Waals surface area contributed by atoms with Gasteiger partial charge in [0, 0.05) is 36.2 Å². The van der Waals surface area contributed by atoms with Crippen molar-refractivity contribution in [2.75, 3.05) is 13.1 Å². The van der Waals surface area contributed by atoms with E-state index in [1.54, 1.807) is 6.07 Å². The fraction of sp³-hybridized carbons (Fsp3) is 0.647. The fourth-order valence-corrected chi connectivity index (χ4v) is 4.25. The van der Waals surface area contributed by atoms with Gasteiger partial charge in [-0.1, -0.05) is 15.9 Å². The number of halogens is 2. The van der Waals surface area contributed by atoms with E-state index in [1.165, 1.54) is 31.7 Å². The van der Waals surface area contributed by atoms with E-state index < -0.39 is 0 Å². The van der Waals surface area contributed by atoms with Gasteiger partial charge in [0.05, 0.1) is 0 Å². The zero-order valence-electron chi connectivity index (χ0n) is 12.2. The van der Waals surface area contributed by atoms with Gasteiger partial charge < -0.3 is 5.32 Å². The number of hydrogen-bond donors (Lipinski definition) is 1. The van der Waals surface area contributed by atoms with E-state index in [4.69, 9.17) is 0 Å². The molecule has 1 aromatic carbocycles. The maximum absolute atomic E-state index is 13.6.